The van der Waals surface area contributed by atoms with Crippen molar-refractivity contribution in [3.8, 4) is 33.6 Å². The monoisotopic (exact) mass is 324 g/mol. The molecule has 4 nitrogen and oxygen atoms in total. The predicted molar refractivity (Wildman–Crippen MR) is 98.7 cm³/mol. The second-order valence-corrected chi connectivity index (χ2v) is 5.79. The number of aryl methyl sites for hydroxylation is 1. The summed E-state index contributed by atoms with van der Waals surface area (Å²) in [5, 5.41) is 0. The van der Waals surface area contributed by atoms with Gasteiger partial charge in [-0.1, -0.05) is 18.2 Å². The molecule has 25 heavy (non-hydrogen) atoms. The van der Waals surface area contributed by atoms with Crippen LogP contribution in [0.3, 0.4) is 0 Å². The molecule has 4 aromatic rings. The van der Waals surface area contributed by atoms with E-state index in [0.717, 1.165) is 39.3 Å². The molecule has 120 valence electrons. The molecule has 0 bridgehead atoms. The summed E-state index contributed by atoms with van der Waals surface area (Å²) >= 11 is 0. The fourth-order valence-electron chi connectivity index (χ4n) is 2.62. The minimum Gasteiger partial charge on any atom is -0.265 e. The molecule has 4 rings (SSSR count). The van der Waals surface area contributed by atoms with Crippen LogP contribution in [0.1, 0.15) is 5.69 Å². The van der Waals surface area contributed by atoms with Gasteiger partial charge in [-0.25, -0.2) is 0 Å². The Balaban J connectivity index is 1.59. The van der Waals surface area contributed by atoms with Gasteiger partial charge < -0.3 is 0 Å². The molecule has 0 aliphatic heterocycles. The average Bonchev–Trinajstić information content (AvgIpc) is 2.70. The lowest BCUT2D eigenvalue weighted by atomic mass is 10.1. The standard InChI is InChI=1S/C21H16N4/c1-15-2-3-18(12-23-15)19-5-7-21(25-14-19)20-6-4-17(13-24-20)16-8-10-22-11-9-16/h2-14H,1H3. The van der Waals surface area contributed by atoms with E-state index in [-0.39, 0.29) is 0 Å². The Hall–Kier alpha value is -3.40. The highest BCUT2D eigenvalue weighted by molar-refractivity contribution is 5.67. The average molecular weight is 324 g/mol. The summed E-state index contributed by atoms with van der Waals surface area (Å²) in [7, 11) is 0. The Morgan fingerprint density at radius 1 is 0.520 bits per heavy atom. The van der Waals surface area contributed by atoms with E-state index < -0.39 is 0 Å². The van der Waals surface area contributed by atoms with Crippen LogP contribution < -0.4 is 0 Å². The summed E-state index contributed by atoms with van der Waals surface area (Å²) in [4.78, 5) is 17.5. The largest absolute Gasteiger partial charge is 0.265 e. The normalized spacial score (nSPS) is 10.6. The summed E-state index contributed by atoms with van der Waals surface area (Å²) in [5.41, 5.74) is 6.98. The van der Waals surface area contributed by atoms with Gasteiger partial charge in [0.1, 0.15) is 0 Å². The van der Waals surface area contributed by atoms with Crippen LogP contribution in [-0.4, -0.2) is 19.9 Å². The van der Waals surface area contributed by atoms with E-state index in [1.807, 2.05) is 61.9 Å². The molecule has 0 unspecified atom stereocenters. The van der Waals surface area contributed by atoms with E-state index in [1.165, 1.54) is 0 Å². The Kier molecular flexibility index (Phi) is 4.01. The molecule has 0 fully saturated rings. The molecule has 4 heterocycles. The van der Waals surface area contributed by atoms with Crippen molar-refractivity contribution in [2.75, 3.05) is 0 Å². The van der Waals surface area contributed by atoms with E-state index in [4.69, 9.17) is 0 Å². The number of hydrogen-bond acceptors (Lipinski definition) is 4. The summed E-state index contributed by atoms with van der Waals surface area (Å²) in [6.07, 6.45) is 9.16. The molecule has 0 aliphatic carbocycles. The van der Waals surface area contributed by atoms with Gasteiger partial charge in [0.2, 0.25) is 0 Å². The minimum absolute atomic E-state index is 0.852. The predicted octanol–water partition coefficient (Wildman–Crippen LogP) is 4.58. The second kappa shape index (κ2) is 6.61. The van der Waals surface area contributed by atoms with Crippen molar-refractivity contribution < 1.29 is 0 Å². The van der Waals surface area contributed by atoms with E-state index >= 15 is 0 Å². The van der Waals surface area contributed by atoms with Crippen molar-refractivity contribution in [3.05, 3.63) is 85.2 Å². The van der Waals surface area contributed by atoms with Crippen LogP contribution in [0.2, 0.25) is 0 Å². The van der Waals surface area contributed by atoms with Crippen molar-refractivity contribution in [1.29, 1.82) is 0 Å². The summed E-state index contributed by atoms with van der Waals surface area (Å²) < 4.78 is 0. The lowest BCUT2D eigenvalue weighted by molar-refractivity contribution is 1.20. The van der Waals surface area contributed by atoms with Gasteiger partial charge in [0.25, 0.3) is 0 Å². The molecule has 0 saturated heterocycles. The molecule has 0 amide bonds. The Labute approximate surface area is 146 Å². The molecule has 0 radical (unpaired) electrons. The third kappa shape index (κ3) is 3.28. The van der Waals surface area contributed by atoms with Gasteiger partial charge in [-0.2, -0.15) is 0 Å². The second-order valence-electron chi connectivity index (χ2n) is 5.79. The van der Waals surface area contributed by atoms with Crippen molar-refractivity contribution in [1.82, 2.24) is 19.9 Å². The third-order valence-electron chi connectivity index (χ3n) is 4.05. The fraction of sp³-hybridized carbons (Fsp3) is 0.0476. The molecule has 0 saturated carbocycles. The van der Waals surface area contributed by atoms with Gasteiger partial charge in [0, 0.05) is 53.4 Å². The lowest BCUT2D eigenvalue weighted by Gasteiger charge is -2.05. The summed E-state index contributed by atoms with van der Waals surface area (Å²) in [6, 6.07) is 16.1. The molecular weight excluding hydrogens is 308 g/mol. The number of hydrogen-bond donors (Lipinski definition) is 0. The summed E-state index contributed by atoms with van der Waals surface area (Å²) in [6.45, 7) is 1.98. The summed E-state index contributed by atoms with van der Waals surface area (Å²) in [5.74, 6) is 0. The van der Waals surface area contributed by atoms with Gasteiger partial charge >= 0.3 is 0 Å². The van der Waals surface area contributed by atoms with Crippen LogP contribution in [-0.2, 0) is 0 Å². The van der Waals surface area contributed by atoms with Crippen molar-refractivity contribution in [2.24, 2.45) is 0 Å². The van der Waals surface area contributed by atoms with Crippen molar-refractivity contribution in [3.63, 3.8) is 0 Å². The van der Waals surface area contributed by atoms with E-state index in [9.17, 15) is 0 Å². The maximum Gasteiger partial charge on any atom is 0.0886 e. The number of aromatic nitrogens is 4. The van der Waals surface area contributed by atoms with Crippen LogP contribution in [0.5, 0.6) is 0 Å². The van der Waals surface area contributed by atoms with Gasteiger partial charge in [-0.05, 0) is 42.8 Å². The SMILES string of the molecule is Cc1ccc(-c2ccc(-c3ccc(-c4ccncc4)cn3)nc2)cn1. The van der Waals surface area contributed by atoms with Crippen molar-refractivity contribution >= 4 is 0 Å². The molecule has 0 aromatic carbocycles. The molecule has 4 aromatic heterocycles. The maximum absolute atomic E-state index is 4.55. The van der Waals surface area contributed by atoms with Gasteiger partial charge in [-0.15, -0.1) is 0 Å². The molecule has 0 N–H and O–H groups in total. The molecule has 4 heteroatoms. The molecule has 0 atom stereocenters. The van der Waals surface area contributed by atoms with Gasteiger partial charge in [0.15, 0.2) is 0 Å². The smallest absolute Gasteiger partial charge is 0.0886 e. The van der Waals surface area contributed by atoms with E-state index in [0.29, 0.717) is 0 Å². The highest BCUT2D eigenvalue weighted by Crippen LogP contribution is 2.23. The number of pyridine rings is 4. The highest BCUT2D eigenvalue weighted by atomic mass is 14.8. The first kappa shape index (κ1) is 15.1. The molecule has 0 spiro atoms. The maximum atomic E-state index is 4.55. The van der Waals surface area contributed by atoms with E-state index in [1.54, 1.807) is 12.4 Å². The topological polar surface area (TPSA) is 51.6 Å². The first-order chi connectivity index (χ1) is 12.3. The van der Waals surface area contributed by atoms with Gasteiger partial charge in [-0.3, -0.25) is 19.9 Å². The Morgan fingerprint density at radius 2 is 1.04 bits per heavy atom. The fourth-order valence-corrected chi connectivity index (χ4v) is 2.62. The minimum atomic E-state index is 0.852. The van der Waals surface area contributed by atoms with E-state index in [2.05, 4.69) is 32.1 Å². The van der Waals surface area contributed by atoms with Crippen LogP contribution >= 0.6 is 0 Å². The zero-order valence-electron chi connectivity index (χ0n) is 13.8. The van der Waals surface area contributed by atoms with Crippen LogP contribution in [0.4, 0.5) is 0 Å². The van der Waals surface area contributed by atoms with Crippen LogP contribution in [0, 0.1) is 6.92 Å². The Bertz CT molecular complexity index is 961. The first-order valence-corrected chi connectivity index (χ1v) is 8.05. The number of rotatable bonds is 3. The quantitative estimate of drug-likeness (QED) is 0.553. The van der Waals surface area contributed by atoms with Crippen molar-refractivity contribution in [2.45, 2.75) is 6.92 Å². The Morgan fingerprint density at radius 3 is 1.52 bits per heavy atom. The molecular formula is C21H16N4. The zero-order chi connectivity index (χ0) is 17.1. The number of nitrogens with zero attached hydrogens (tertiary/aromatic N) is 4. The highest BCUT2D eigenvalue weighted by Gasteiger charge is 2.04. The van der Waals surface area contributed by atoms with Gasteiger partial charge in [0.05, 0.1) is 11.4 Å². The van der Waals surface area contributed by atoms with Crippen LogP contribution in [0.25, 0.3) is 33.6 Å². The first-order valence-electron chi connectivity index (χ1n) is 8.05. The zero-order valence-corrected chi connectivity index (χ0v) is 13.8. The lowest BCUT2D eigenvalue weighted by Crippen LogP contribution is -1.89. The van der Waals surface area contributed by atoms with Crippen LogP contribution in [0.15, 0.2) is 79.5 Å². The molecule has 0 aliphatic rings. The third-order valence-corrected chi connectivity index (χ3v) is 4.05.